The molecule has 0 spiro atoms. The SMILES string of the molecule is N#Cc1ccc(-c2cc(CC(N)CCCNC=O)sc2-c2ccc3nccnc3c2)cc1F. The summed E-state index contributed by atoms with van der Waals surface area (Å²) < 4.78 is 14.4. The largest absolute Gasteiger partial charge is 0.359 e. The number of nitrogens with one attached hydrogen (secondary N) is 1. The zero-order valence-corrected chi connectivity index (χ0v) is 18.6. The molecular formula is C25H22FN5OS. The number of amides is 1. The molecule has 2 heterocycles. The van der Waals surface area contributed by atoms with E-state index in [0.717, 1.165) is 44.8 Å². The van der Waals surface area contributed by atoms with Crippen LogP contribution < -0.4 is 11.1 Å². The van der Waals surface area contributed by atoms with E-state index in [1.165, 1.54) is 12.1 Å². The number of benzene rings is 2. The smallest absolute Gasteiger partial charge is 0.207 e. The van der Waals surface area contributed by atoms with Crippen molar-refractivity contribution in [1.82, 2.24) is 15.3 Å². The quantitative estimate of drug-likeness (QED) is 0.285. The number of nitrogens with zero attached hydrogens (tertiary/aromatic N) is 3. The molecule has 0 bridgehead atoms. The lowest BCUT2D eigenvalue weighted by molar-refractivity contribution is -0.109. The van der Waals surface area contributed by atoms with Crippen LogP contribution in [0.15, 0.2) is 54.9 Å². The van der Waals surface area contributed by atoms with Crippen molar-refractivity contribution in [2.45, 2.75) is 25.3 Å². The molecule has 0 aliphatic rings. The predicted octanol–water partition coefficient (Wildman–Crippen LogP) is 4.43. The van der Waals surface area contributed by atoms with Gasteiger partial charge in [0.25, 0.3) is 0 Å². The van der Waals surface area contributed by atoms with Crippen LogP contribution in [0.25, 0.3) is 32.6 Å². The van der Waals surface area contributed by atoms with Crippen molar-refractivity contribution >= 4 is 28.8 Å². The number of fused-ring (bicyclic) bond motifs is 1. The Bertz CT molecular complexity index is 1330. The fourth-order valence-corrected chi connectivity index (χ4v) is 5.00. The number of thiophene rings is 1. The molecule has 0 radical (unpaired) electrons. The van der Waals surface area contributed by atoms with Gasteiger partial charge in [0, 0.05) is 40.3 Å². The molecule has 0 saturated heterocycles. The van der Waals surface area contributed by atoms with Gasteiger partial charge < -0.3 is 11.1 Å². The highest BCUT2D eigenvalue weighted by Crippen LogP contribution is 2.41. The van der Waals surface area contributed by atoms with Crippen LogP contribution in [-0.2, 0) is 11.2 Å². The van der Waals surface area contributed by atoms with E-state index in [-0.39, 0.29) is 11.6 Å². The van der Waals surface area contributed by atoms with Gasteiger partial charge in [0.05, 0.1) is 16.6 Å². The van der Waals surface area contributed by atoms with E-state index in [9.17, 15) is 9.18 Å². The average Bonchev–Trinajstić information content (AvgIpc) is 3.25. The summed E-state index contributed by atoms with van der Waals surface area (Å²) in [7, 11) is 0. The molecule has 33 heavy (non-hydrogen) atoms. The van der Waals surface area contributed by atoms with Crippen molar-refractivity contribution < 1.29 is 9.18 Å². The molecule has 0 saturated carbocycles. The van der Waals surface area contributed by atoms with Crippen LogP contribution in [0.5, 0.6) is 0 Å². The molecule has 4 rings (SSSR count). The van der Waals surface area contributed by atoms with E-state index < -0.39 is 5.82 Å². The second-order valence-corrected chi connectivity index (χ2v) is 8.84. The van der Waals surface area contributed by atoms with Crippen LogP contribution in [0, 0.1) is 17.1 Å². The van der Waals surface area contributed by atoms with Crippen molar-refractivity contribution in [3.63, 3.8) is 0 Å². The Hall–Kier alpha value is -3.67. The highest BCUT2D eigenvalue weighted by molar-refractivity contribution is 7.16. The lowest BCUT2D eigenvalue weighted by atomic mass is 9.99. The number of halogens is 1. The maximum absolute atomic E-state index is 14.4. The molecule has 1 unspecified atom stereocenters. The Morgan fingerprint density at radius 2 is 1.91 bits per heavy atom. The van der Waals surface area contributed by atoms with Gasteiger partial charge in [0.2, 0.25) is 6.41 Å². The average molecular weight is 460 g/mol. The fourth-order valence-electron chi connectivity index (χ4n) is 3.74. The summed E-state index contributed by atoms with van der Waals surface area (Å²) in [5.41, 5.74) is 10.5. The topological polar surface area (TPSA) is 105 Å². The number of nitrogens with two attached hydrogens (primary N) is 1. The summed E-state index contributed by atoms with van der Waals surface area (Å²) in [5, 5.41) is 11.7. The Morgan fingerprint density at radius 3 is 2.67 bits per heavy atom. The minimum Gasteiger partial charge on any atom is -0.359 e. The van der Waals surface area contributed by atoms with Gasteiger partial charge in [0.1, 0.15) is 11.9 Å². The molecule has 0 fully saturated rings. The number of hydrogen-bond donors (Lipinski definition) is 2. The maximum Gasteiger partial charge on any atom is 0.207 e. The molecule has 3 N–H and O–H groups in total. The first-order valence-electron chi connectivity index (χ1n) is 10.6. The summed E-state index contributed by atoms with van der Waals surface area (Å²) >= 11 is 1.62. The Kier molecular flexibility index (Phi) is 7.03. The van der Waals surface area contributed by atoms with E-state index in [1.54, 1.807) is 29.8 Å². The van der Waals surface area contributed by atoms with Gasteiger partial charge in [-0.3, -0.25) is 14.8 Å². The van der Waals surface area contributed by atoms with Gasteiger partial charge in [-0.1, -0.05) is 12.1 Å². The zero-order valence-electron chi connectivity index (χ0n) is 17.8. The molecule has 1 atom stereocenters. The van der Waals surface area contributed by atoms with Gasteiger partial charge in [-0.15, -0.1) is 11.3 Å². The van der Waals surface area contributed by atoms with E-state index in [1.807, 2.05) is 30.3 Å². The van der Waals surface area contributed by atoms with Crippen LogP contribution >= 0.6 is 11.3 Å². The molecule has 0 aliphatic carbocycles. The van der Waals surface area contributed by atoms with Gasteiger partial charge in [-0.2, -0.15) is 5.26 Å². The molecule has 2 aromatic heterocycles. The zero-order chi connectivity index (χ0) is 23.2. The molecular weight excluding hydrogens is 437 g/mol. The second-order valence-electron chi connectivity index (χ2n) is 7.70. The predicted molar refractivity (Wildman–Crippen MR) is 128 cm³/mol. The van der Waals surface area contributed by atoms with Crippen molar-refractivity contribution in [3.8, 4) is 27.6 Å². The van der Waals surface area contributed by atoms with Crippen molar-refractivity contribution in [2.24, 2.45) is 5.73 Å². The summed E-state index contributed by atoms with van der Waals surface area (Å²) in [6.07, 6.45) is 6.25. The summed E-state index contributed by atoms with van der Waals surface area (Å²) in [6.45, 7) is 0.598. The van der Waals surface area contributed by atoms with Crippen molar-refractivity contribution in [3.05, 3.63) is 71.1 Å². The van der Waals surface area contributed by atoms with E-state index in [2.05, 4.69) is 15.3 Å². The minimum atomic E-state index is -0.544. The third kappa shape index (κ3) is 5.22. The minimum absolute atomic E-state index is 0.0164. The first-order chi connectivity index (χ1) is 16.1. The highest BCUT2D eigenvalue weighted by Gasteiger charge is 2.17. The molecule has 0 aliphatic heterocycles. The first-order valence-corrected chi connectivity index (χ1v) is 11.4. The van der Waals surface area contributed by atoms with Crippen LogP contribution in [0.3, 0.4) is 0 Å². The summed E-state index contributed by atoms with van der Waals surface area (Å²) in [5.74, 6) is -0.544. The van der Waals surface area contributed by atoms with Crippen LogP contribution in [-0.4, -0.2) is 29.0 Å². The number of rotatable bonds is 9. The van der Waals surface area contributed by atoms with Crippen LogP contribution in [0.4, 0.5) is 4.39 Å². The number of nitriles is 1. The fraction of sp³-hybridized carbons (Fsp3) is 0.200. The first kappa shape index (κ1) is 22.5. The van der Waals surface area contributed by atoms with Gasteiger partial charge in [-0.05, 0) is 60.7 Å². The number of carbonyl (C=O) groups is 1. The molecule has 6 nitrogen and oxygen atoms in total. The van der Waals surface area contributed by atoms with Gasteiger partial charge >= 0.3 is 0 Å². The summed E-state index contributed by atoms with van der Waals surface area (Å²) in [6, 6.07) is 14.4. The second kappa shape index (κ2) is 10.3. The lowest BCUT2D eigenvalue weighted by Gasteiger charge is -2.09. The summed E-state index contributed by atoms with van der Waals surface area (Å²) in [4.78, 5) is 21.2. The Labute approximate surface area is 194 Å². The van der Waals surface area contributed by atoms with Gasteiger partial charge in [0.15, 0.2) is 0 Å². The van der Waals surface area contributed by atoms with E-state index >= 15 is 0 Å². The Balaban J connectivity index is 1.71. The standard InChI is InChI=1S/C25H22FN5OS/c26-22-10-16(3-4-18(22)14-27)21-13-20(12-19(28)2-1-7-29-15-32)33-25(21)17-5-6-23-24(11-17)31-9-8-30-23/h3-6,8-11,13,15,19H,1-2,7,12,28H2,(H,29,32). The number of aromatic nitrogens is 2. The normalized spacial score (nSPS) is 11.8. The third-order valence-electron chi connectivity index (χ3n) is 5.36. The van der Waals surface area contributed by atoms with Crippen LogP contribution in [0.1, 0.15) is 23.3 Å². The van der Waals surface area contributed by atoms with Crippen LogP contribution in [0.2, 0.25) is 0 Å². The van der Waals surface area contributed by atoms with Crippen molar-refractivity contribution in [2.75, 3.05) is 6.54 Å². The molecule has 2 aromatic carbocycles. The third-order valence-corrected chi connectivity index (χ3v) is 6.56. The van der Waals surface area contributed by atoms with Crippen molar-refractivity contribution in [1.29, 1.82) is 5.26 Å². The maximum atomic E-state index is 14.4. The lowest BCUT2D eigenvalue weighted by Crippen LogP contribution is -2.24. The monoisotopic (exact) mass is 459 g/mol. The number of hydrogen-bond acceptors (Lipinski definition) is 6. The number of carbonyl (C=O) groups excluding carboxylic acids is 1. The molecule has 8 heteroatoms. The molecule has 4 aromatic rings. The Morgan fingerprint density at radius 1 is 1.12 bits per heavy atom. The highest BCUT2D eigenvalue weighted by atomic mass is 32.1. The molecule has 166 valence electrons. The van der Waals surface area contributed by atoms with E-state index in [0.29, 0.717) is 24.9 Å². The van der Waals surface area contributed by atoms with Gasteiger partial charge in [-0.25, -0.2) is 4.39 Å². The molecule has 1 amide bonds. The van der Waals surface area contributed by atoms with E-state index in [4.69, 9.17) is 11.0 Å².